The van der Waals surface area contributed by atoms with Crippen molar-refractivity contribution in [1.29, 1.82) is 0 Å². The minimum Gasteiger partial charge on any atom is -0.297 e. The molecule has 15 heavy (non-hydrogen) atoms. The molecule has 0 aromatic carbocycles. The largest absolute Gasteiger partial charge is 0.417 e. The normalized spacial score (nSPS) is 11.9. The van der Waals surface area contributed by atoms with Crippen molar-refractivity contribution in [2.24, 2.45) is 0 Å². The molecule has 0 unspecified atom stereocenters. The number of carbonyl (C=O) groups is 1. The summed E-state index contributed by atoms with van der Waals surface area (Å²) < 4.78 is 36.9. The lowest BCUT2D eigenvalue weighted by molar-refractivity contribution is -0.137. The fourth-order valence-electron chi connectivity index (χ4n) is 1.17. The molecule has 2 heterocycles. The zero-order chi connectivity index (χ0) is 11.1. The summed E-state index contributed by atoms with van der Waals surface area (Å²) in [6.45, 7) is 0. The molecule has 0 N–H and O–H groups in total. The van der Waals surface area contributed by atoms with Gasteiger partial charge < -0.3 is 0 Å². The van der Waals surface area contributed by atoms with Gasteiger partial charge in [0.2, 0.25) is 0 Å². The number of pyridine rings is 1. The van der Waals surface area contributed by atoms with Gasteiger partial charge in [-0.15, -0.1) is 11.3 Å². The maximum Gasteiger partial charge on any atom is 0.417 e. The second-order valence-corrected chi connectivity index (χ2v) is 3.94. The van der Waals surface area contributed by atoms with Crippen molar-refractivity contribution in [3.8, 4) is 0 Å². The molecule has 0 aliphatic heterocycles. The lowest BCUT2D eigenvalue weighted by atomic mass is 10.2. The summed E-state index contributed by atoms with van der Waals surface area (Å²) in [5.74, 6) is 0. The average molecular weight is 231 g/mol. The number of rotatable bonds is 1. The van der Waals surface area contributed by atoms with Crippen LogP contribution in [0.1, 0.15) is 15.2 Å². The third-order valence-corrected chi connectivity index (χ3v) is 2.82. The standard InChI is InChI=1S/C9H4F3NOS/c10-9(11,12)6-1-5-2-7(4-14)15-8(5)13-3-6/h1-4H. The lowest BCUT2D eigenvalue weighted by Crippen LogP contribution is -2.04. The van der Waals surface area contributed by atoms with Crippen molar-refractivity contribution in [3.63, 3.8) is 0 Å². The van der Waals surface area contributed by atoms with Crippen LogP contribution in [0.15, 0.2) is 18.3 Å². The van der Waals surface area contributed by atoms with E-state index in [1.165, 1.54) is 6.07 Å². The van der Waals surface area contributed by atoms with Gasteiger partial charge in [0.15, 0.2) is 6.29 Å². The number of hydrogen-bond acceptors (Lipinski definition) is 3. The first-order chi connectivity index (χ1) is 7.00. The third kappa shape index (κ3) is 1.85. The first-order valence-corrected chi connectivity index (χ1v) is 4.74. The molecule has 0 spiro atoms. The summed E-state index contributed by atoms with van der Waals surface area (Å²) in [6.07, 6.45) is -3.03. The van der Waals surface area contributed by atoms with E-state index in [0.717, 1.165) is 23.6 Å². The van der Waals surface area contributed by atoms with Crippen LogP contribution < -0.4 is 0 Å². The van der Waals surface area contributed by atoms with Gasteiger partial charge in [-0.2, -0.15) is 13.2 Å². The summed E-state index contributed by atoms with van der Waals surface area (Å²) in [6, 6.07) is 2.39. The maximum atomic E-state index is 12.3. The Hall–Kier alpha value is -1.43. The van der Waals surface area contributed by atoms with Crippen LogP contribution >= 0.6 is 11.3 Å². The van der Waals surface area contributed by atoms with Gasteiger partial charge in [-0.05, 0) is 12.1 Å². The van der Waals surface area contributed by atoms with Gasteiger partial charge in [0, 0.05) is 11.6 Å². The minimum atomic E-state index is -4.40. The number of thiophene rings is 1. The van der Waals surface area contributed by atoms with Crippen molar-refractivity contribution < 1.29 is 18.0 Å². The quantitative estimate of drug-likeness (QED) is 0.706. The molecule has 2 aromatic rings. The molecular weight excluding hydrogens is 227 g/mol. The SMILES string of the molecule is O=Cc1cc2cc(C(F)(F)F)cnc2s1. The van der Waals surface area contributed by atoms with Crippen LogP contribution in [0.2, 0.25) is 0 Å². The maximum absolute atomic E-state index is 12.3. The Morgan fingerprint density at radius 2 is 2.07 bits per heavy atom. The Balaban J connectivity index is 2.60. The van der Waals surface area contributed by atoms with E-state index in [0.29, 0.717) is 21.4 Å². The summed E-state index contributed by atoms with van der Waals surface area (Å²) in [4.78, 5) is 14.9. The first-order valence-electron chi connectivity index (χ1n) is 3.92. The van der Waals surface area contributed by atoms with Gasteiger partial charge in [-0.25, -0.2) is 4.98 Å². The van der Waals surface area contributed by atoms with E-state index in [2.05, 4.69) is 4.98 Å². The highest BCUT2D eigenvalue weighted by Gasteiger charge is 2.31. The molecule has 2 rings (SSSR count). The number of hydrogen-bond donors (Lipinski definition) is 0. The minimum absolute atomic E-state index is 0.344. The van der Waals surface area contributed by atoms with Gasteiger partial charge in [0.25, 0.3) is 0 Å². The Morgan fingerprint density at radius 3 is 2.67 bits per heavy atom. The molecule has 6 heteroatoms. The first kappa shape index (κ1) is 10.1. The molecule has 2 nitrogen and oxygen atoms in total. The molecule has 0 aliphatic rings. The fourth-order valence-corrected chi connectivity index (χ4v) is 1.96. The van der Waals surface area contributed by atoms with Crippen LogP contribution in [0.3, 0.4) is 0 Å². The number of halogens is 3. The summed E-state index contributed by atoms with van der Waals surface area (Å²) in [5.41, 5.74) is -0.801. The lowest BCUT2D eigenvalue weighted by Gasteiger charge is -2.04. The molecule has 2 aromatic heterocycles. The zero-order valence-electron chi connectivity index (χ0n) is 7.21. The fraction of sp³-hybridized carbons (Fsp3) is 0.111. The topological polar surface area (TPSA) is 30.0 Å². The van der Waals surface area contributed by atoms with Gasteiger partial charge >= 0.3 is 6.18 Å². The Morgan fingerprint density at radius 1 is 1.33 bits per heavy atom. The summed E-state index contributed by atoms with van der Waals surface area (Å²) in [5, 5.41) is 0.344. The molecule has 0 fully saturated rings. The van der Waals surface area contributed by atoms with Gasteiger partial charge in [-0.1, -0.05) is 0 Å². The van der Waals surface area contributed by atoms with E-state index in [4.69, 9.17) is 0 Å². The van der Waals surface area contributed by atoms with Gasteiger partial charge in [-0.3, -0.25) is 4.79 Å². The summed E-state index contributed by atoms with van der Waals surface area (Å²) >= 11 is 1.07. The third-order valence-electron chi connectivity index (χ3n) is 1.83. The van der Waals surface area contributed by atoms with E-state index in [9.17, 15) is 18.0 Å². The van der Waals surface area contributed by atoms with Crippen LogP contribution in [-0.2, 0) is 6.18 Å². The van der Waals surface area contributed by atoms with E-state index in [-0.39, 0.29) is 0 Å². The molecule has 0 radical (unpaired) electrons. The number of carbonyl (C=O) groups excluding carboxylic acids is 1. The average Bonchev–Trinajstić information content (AvgIpc) is 2.57. The number of fused-ring (bicyclic) bond motifs is 1. The zero-order valence-corrected chi connectivity index (χ0v) is 8.02. The van der Waals surface area contributed by atoms with Gasteiger partial charge in [0.05, 0.1) is 10.4 Å². The van der Waals surface area contributed by atoms with E-state index in [1.54, 1.807) is 0 Å². The molecule has 0 saturated carbocycles. The molecule has 0 amide bonds. The van der Waals surface area contributed by atoms with E-state index < -0.39 is 11.7 Å². The van der Waals surface area contributed by atoms with Crippen molar-refractivity contribution in [1.82, 2.24) is 4.98 Å². The monoisotopic (exact) mass is 231 g/mol. The van der Waals surface area contributed by atoms with Crippen molar-refractivity contribution in [2.45, 2.75) is 6.18 Å². The van der Waals surface area contributed by atoms with Crippen LogP contribution in [-0.4, -0.2) is 11.3 Å². The van der Waals surface area contributed by atoms with E-state index in [1.807, 2.05) is 0 Å². The molecule has 0 atom stereocenters. The number of aldehydes is 1. The smallest absolute Gasteiger partial charge is 0.297 e. The predicted octanol–water partition coefficient (Wildman–Crippen LogP) is 3.13. The van der Waals surface area contributed by atoms with Crippen LogP contribution in [0.25, 0.3) is 10.2 Å². The highest BCUT2D eigenvalue weighted by Crippen LogP contribution is 2.32. The highest BCUT2D eigenvalue weighted by molar-refractivity contribution is 7.20. The van der Waals surface area contributed by atoms with Gasteiger partial charge in [0.1, 0.15) is 4.83 Å². The molecular formula is C9H4F3NOS. The number of aromatic nitrogens is 1. The van der Waals surface area contributed by atoms with Crippen LogP contribution in [0.4, 0.5) is 13.2 Å². The number of alkyl halides is 3. The molecule has 78 valence electrons. The molecule has 0 bridgehead atoms. The second kappa shape index (κ2) is 3.30. The highest BCUT2D eigenvalue weighted by atomic mass is 32.1. The number of nitrogens with zero attached hydrogens (tertiary/aromatic N) is 1. The molecule has 0 aliphatic carbocycles. The van der Waals surface area contributed by atoms with Crippen molar-refractivity contribution in [2.75, 3.05) is 0 Å². The second-order valence-electron chi connectivity index (χ2n) is 2.88. The van der Waals surface area contributed by atoms with Crippen molar-refractivity contribution >= 4 is 27.8 Å². The van der Waals surface area contributed by atoms with Crippen molar-refractivity contribution in [3.05, 3.63) is 28.8 Å². The Kier molecular flexibility index (Phi) is 2.22. The predicted molar refractivity (Wildman–Crippen MR) is 50.0 cm³/mol. The van der Waals surface area contributed by atoms with Crippen LogP contribution in [0.5, 0.6) is 0 Å². The summed E-state index contributed by atoms with van der Waals surface area (Å²) in [7, 11) is 0. The molecule has 0 saturated heterocycles. The Labute approximate surface area is 86.4 Å². The van der Waals surface area contributed by atoms with E-state index >= 15 is 0 Å². The van der Waals surface area contributed by atoms with Crippen LogP contribution in [0, 0.1) is 0 Å². The Bertz CT molecular complexity index is 518.